The van der Waals surface area contributed by atoms with E-state index in [0.717, 1.165) is 32.1 Å². The average Bonchev–Trinajstić information content (AvgIpc) is 2.48. The molecule has 2 unspecified atom stereocenters. The van der Waals surface area contributed by atoms with Gasteiger partial charge in [0.05, 0.1) is 10.4 Å². The van der Waals surface area contributed by atoms with E-state index in [0.29, 0.717) is 16.3 Å². The molecule has 0 aromatic carbocycles. The average molecular weight is 315 g/mol. The standard InChI is InChI=1S/C15H26N2OS2/c1-20-12-8-4-3-7-11(12)17-14(18)15(13(16)19)9-5-2-6-10-15/h11-12H,2-10H2,1H3,(H2,16,19)(H,17,18). The quantitative estimate of drug-likeness (QED) is 0.783. The maximum Gasteiger partial charge on any atom is 0.233 e. The summed E-state index contributed by atoms with van der Waals surface area (Å²) in [6.07, 6.45) is 11.9. The summed E-state index contributed by atoms with van der Waals surface area (Å²) in [6, 6.07) is 0.291. The Morgan fingerprint density at radius 3 is 2.45 bits per heavy atom. The monoisotopic (exact) mass is 314 g/mol. The molecule has 0 aliphatic heterocycles. The second-order valence-electron chi connectivity index (χ2n) is 6.15. The summed E-state index contributed by atoms with van der Waals surface area (Å²) in [5.74, 6) is 0.0932. The van der Waals surface area contributed by atoms with Gasteiger partial charge in [-0.25, -0.2) is 0 Å². The normalized spacial score (nSPS) is 29.6. The first kappa shape index (κ1) is 16.1. The van der Waals surface area contributed by atoms with Crippen LogP contribution in [0.15, 0.2) is 0 Å². The predicted octanol–water partition coefficient (Wildman–Crippen LogP) is 3.01. The van der Waals surface area contributed by atoms with Gasteiger partial charge >= 0.3 is 0 Å². The van der Waals surface area contributed by atoms with Gasteiger partial charge in [0.15, 0.2) is 0 Å². The molecule has 2 atom stereocenters. The van der Waals surface area contributed by atoms with Gasteiger partial charge in [-0.2, -0.15) is 11.8 Å². The molecule has 2 rings (SSSR count). The van der Waals surface area contributed by atoms with E-state index in [2.05, 4.69) is 11.6 Å². The number of thiocarbonyl (C=S) groups is 1. The van der Waals surface area contributed by atoms with Gasteiger partial charge in [0.25, 0.3) is 0 Å². The third kappa shape index (κ3) is 3.30. The zero-order valence-electron chi connectivity index (χ0n) is 12.3. The number of hydrogen-bond donors (Lipinski definition) is 2. The Labute approximate surface area is 131 Å². The van der Waals surface area contributed by atoms with Crippen LogP contribution in [0.5, 0.6) is 0 Å². The van der Waals surface area contributed by atoms with Crippen molar-refractivity contribution in [2.24, 2.45) is 11.1 Å². The lowest BCUT2D eigenvalue weighted by molar-refractivity contribution is -0.129. The van der Waals surface area contributed by atoms with Gasteiger partial charge in [-0.3, -0.25) is 4.79 Å². The van der Waals surface area contributed by atoms with Crippen molar-refractivity contribution in [3.63, 3.8) is 0 Å². The van der Waals surface area contributed by atoms with E-state index >= 15 is 0 Å². The van der Waals surface area contributed by atoms with Gasteiger partial charge in [-0.05, 0) is 31.9 Å². The fourth-order valence-electron chi connectivity index (χ4n) is 3.59. The highest BCUT2D eigenvalue weighted by Gasteiger charge is 2.43. The highest BCUT2D eigenvalue weighted by Crippen LogP contribution is 2.38. The molecule has 0 saturated heterocycles. The number of nitrogens with two attached hydrogens (primary N) is 1. The molecule has 2 aliphatic carbocycles. The molecule has 0 spiro atoms. The Morgan fingerprint density at radius 1 is 1.20 bits per heavy atom. The van der Waals surface area contributed by atoms with Crippen molar-refractivity contribution in [2.45, 2.75) is 69.1 Å². The molecule has 3 nitrogen and oxygen atoms in total. The van der Waals surface area contributed by atoms with Crippen LogP contribution in [0.2, 0.25) is 0 Å². The maximum absolute atomic E-state index is 12.8. The molecule has 0 aromatic rings. The van der Waals surface area contributed by atoms with Crippen LogP contribution in [0.4, 0.5) is 0 Å². The Morgan fingerprint density at radius 2 is 1.85 bits per heavy atom. The van der Waals surface area contributed by atoms with Crippen LogP contribution in [0.1, 0.15) is 57.8 Å². The number of nitrogens with one attached hydrogen (secondary N) is 1. The summed E-state index contributed by atoms with van der Waals surface area (Å²) >= 11 is 7.11. The zero-order valence-corrected chi connectivity index (χ0v) is 14.0. The van der Waals surface area contributed by atoms with Gasteiger partial charge in [0.1, 0.15) is 0 Å². The number of amides is 1. The van der Waals surface area contributed by atoms with Crippen LogP contribution in [0, 0.1) is 5.41 Å². The van der Waals surface area contributed by atoms with Crippen molar-refractivity contribution in [2.75, 3.05) is 6.26 Å². The summed E-state index contributed by atoms with van der Waals surface area (Å²) in [5, 5.41) is 3.83. The van der Waals surface area contributed by atoms with Crippen molar-refractivity contribution in [3.8, 4) is 0 Å². The smallest absolute Gasteiger partial charge is 0.233 e. The molecule has 3 N–H and O–H groups in total. The first-order valence-electron chi connectivity index (χ1n) is 7.74. The van der Waals surface area contributed by atoms with E-state index in [-0.39, 0.29) is 5.91 Å². The van der Waals surface area contributed by atoms with E-state index in [4.69, 9.17) is 18.0 Å². The van der Waals surface area contributed by atoms with E-state index in [9.17, 15) is 4.79 Å². The molecule has 114 valence electrons. The predicted molar refractivity (Wildman–Crippen MR) is 90.0 cm³/mol. The molecule has 2 fully saturated rings. The SMILES string of the molecule is CSC1CCCCC1NC(=O)C1(C(N)=S)CCCCC1. The largest absolute Gasteiger partial charge is 0.392 e. The number of thioether (sulfide) groups is 1. The number of hydrogen-bond acceptors (Lipinski definition) is 3. The molecule has 0 heterocycles. The molecule has 20 heavy (non-hydrogen) atoms. The fraction of sp³-hybridized carbons (Fsp3) is 0.867. The Balaban J connectivity index is 2.06. The molecular weight excluding hydrogens is 288 g/mol. The van der Waals surface area contributed by atoms with Crippen molar-refractivity contribution >= 4 is 34.9 Å². The molecule has 0 bridgehead atoms. The minimum atomic E-state index is -0.575. The Kier molecular flexibility index (Phi) is 5.73. The molecule has 0 radical (unpaired) electrons. The first-order chi connectivity index (χ1) is 9.60. The van der Waals surface area contributed by atoms with Crippen LogP contribution in [-0.2, 0) is 4.79 Å². The van der Waals surface area contributed by atoms with E-state index in [1.807, 2.05) is 11.8 Å². The number of rotatable bonds is 4. The van der Waals surface area contributed by atoms with Gasteiger partial charge in [-0.1, -0.05) is 44.3 Å². The lowest BCUT2D eigenvalue weighted by Crippen LogP contribution is -2.54. The zero-order chi connectivity index (χ0) is 14.6. The lowest BCUT2D eigenvalue weighted by Gasteiger charge is -2.38. The fourth-order valence-corrected chi connectivity index (χ4v) is 4.82. The second-order valence-corrected chi connectivity index (χ2v) is 7.66. The summed E-state index contributed by atoms with van der Waals surface area (Å²) in [7, 11) is 0. The molecule has 5 heteroatoms. The third-order valence-electron chi connectivity index (χ3n) is 4.94. The van der Waals surface area contributed by atoms with Crippen LogP contribution in [0.25, 0.3) is 0 Å². The van der Waals surface area contributed by atoms with Crippen molar-refractivity contribution in [1.82, 2.24) is 5.32 Å². The van der Waals surface area contributed by atoms with Gasteiger partial charge in [0.2, 0.25) is 5.91 Å². The van der Waals surface area contributed by atoms with Crippen molar-refractivity contribution in [1.29, 1.82) is 0 Å². The van der Waals surface area contributed by atoms with Gasteiger partial charge < -0.3 is 11.1 Å². The van der Waals surface area contributed by atoms with E-state index in [1.165, 1.54) is 25.7 Å². The number of carbonyl (C=O) groups is 1. The highest BCUT2D eigenvalue weighted by atomic mass is 32.2. The first-order valence-corrected chi connectivity index (χ1v) is 9.43. The van der Waals surface area contributed by atoms with Crippen molar-refractivity contribution in [3.05, 3.63) is 0 Å². The van der Waals surface area contributed by atoms with Crippen LogP contribution < -0.4 is 11.1 Å². The van der Waals surface area contributed by atoms with Crippen LogP contribution >= 0.6 is 24.0 Å². The highest BCUT2D eigenvalue weighted by molar-refractivity contribution is 7.99. The third-order valence-corrected chi connectivity index (χ3v) is 6.50. The molecule has 2 saturated carbocycles. The number of carbonyl (C=O) groups excluding carboxylic acids is 1. The summed E-state index contributed by atoms with van der Waals surface area (Å²) in [4.78, 5) is 13.2. The van der Waals surface area contributed by atoms with Gasteiger partial charge in [-0.15, -0.1) is 0 Å². The Hall–Kier alpha value is -0.290. The minimum Gasteiger partial charge on any atom is -0.392 e. The molecule has 2 aliphatic rings. The van der Waals surface area contributed by atoms with E-state index in [1.54, 1.807) is 0 Å². The van der Waals surface area contributed by atoms with Gasteiger partial charge in [0, 0.05) is 11.3 Å². The molecule has 1 amide bonds. The Bertz CT molecular complexity index is 367. The summed E-state index contributed by atoms with van der Waals surface area (Å²) < 4.78 is 0. The minimum absolute atomic E-state index is 0.0932. The van der Waals surface area contributed by atoms with Crippen LogP contribution in [0.3, 0.4) is 0 Å². The summed E-state index contributed by atoms with van der Waals surface area (Å²) in [6.45, 7) is 0. The topological polar surface area (TPSA) is 55.1 Å². The molecular formula is C15H26N2OS2. The van der Waals surface area contributed by atoms with Crippen molar-refractivity contribution < 1.29 is 4.79 Å². The lowest BCUT2D eigenvalue weighted by atomic mass is 9.73. The molecule has 0 aromatic heterocycles. The van der Waals surface area contributed by atoms with Crippen LogP contribution in [-0.4, -0.2) is 28.4 Å². The summed E-state index contributed by atoms with van der Waals surface area (Å²) in [5.41, 5.74) is 5.37. The second kappa shape index (κ2) is 7.12. The van der Waals surface area contributed by atoms with E-state index < -0.39 is 5.41 Å². The maximum atomic E-state index is 12.8.